The first-order valence-corrected chi connectivity index (χ1v) is 7.88. The van der Waals surface area contributed by atoms with Gasteiger partial charge in [0.05, 0.1) is 12.1 Å². The van der Waals surface area contributed by atoms with Gasteiger partial charge in [0.15, 0.2) is 0 Å². The van der Waals surface area contributed by atoms with E-state index in [4.69, 9.17) is 0 Å². The SMILES string of the molecule is CCCNc1nc(C(C)C)nc(NC(C)(CC)CO)c1C. The summed E-state index contributed by atoms with van der Waals surface area (Å²) in [6.45, 7) is 13.3. The summed E-state index contributed by atoms with van der Waals surface area (Å²) in [5, 5.41) is 16.4. The molecule has 0 aliphatic rings. The minimum atomic E-state index is -0.366. The molecule has 0 fully saturated rings. The molecule has 0 bridgehead atoms. The Bertz CT molecular complexity index is 456. The van der Waals surface area contributed by atoms with Crippen LogP contribution in [0.1, 0.15) is 64.8 Å². The normalized spacial score (nSPS) is 14.1. The molecule has 0 aromatic carbocycles. The lowest BCUT2D eigenvalue weighted by Crippen LogP contribution is -2.38. The maximum Gasteiger partial charge on any atom is 0.135 e. The van der Waals surface area contributed by atoms with Crippen LogP contribution in [0.4, 0.5) is 11.6 Å². The monoisotopic (exact) mass is 294 g/mol. The largest absolute Gasteiger partial charge is 0.394 e. The number of nitrogens with zero attached hydrogens (tertiary/aromatic N) is 2. The molecule has 0 amide bonds. The Kier molecular flexibility index (Phi) is 6.40. The van der Waals surface area contributed by atoms with E-state index in [1.807, 2.05) is 13.8 Å². The molecule has 1 atom stereocenters. The van der Waals surface area contributed by atoms with Crippen LogP contribution in [0.25, 0.3) is 0 Å². The van der Waals surface area contributed by atoms with Crippen molar-refractivity contribution in [3.05, 3.63) is 11.4 Å². The number of nitrogens with one attached hydrogen (secondary N) is 2. The molecule has 1 unspecified atom stereocenters. The van der Waals surface area contributed by atoms with E-state index >= 15 is 0 Å². The maximum absolute atomic E-state index is 9.61. The molecule has 120 valence electrons. The molecule has 0 spiro atoms. The summed E-state index contributed by atoms with van der Waals surface area (Å²) in [6, 6.07) is 0. The highest BCUT2D eigenvalue weighted by atomic mass is 16.3. The van der Waals surface area contributed by atoms with Crippen LogP contribution in [0.5, 0.6) is 0 Å². The molecular formula is C16H30N4O. The number of aliphatic hydroxyl groups is 1. The van der Waals surface area contributed by atoms with Gasteiger partial charge in [0.1, 0.15) is 17.5 Å². The van der Waals surface area contributed by atoms with Crippen molar-refractivity contribution in [1.82, 2.24) is 9.97 Å². The summed E-state index contributed by atoms with van der Waals surface area (Å²) < 4.78 is 0. The van der Waals surface area contributed by atoms with Gasteiger partial charge in [-0.1, -0.05) is 27.7 Å². The van der Waals surface area contributed by atoms with Gasteiger partial charge in [-0.05, 0) is 26.7 Å². The quantitative estimate of drug-likeness (QED) is 0.686. The van der Waals surface area contributed by atoms with Crippen LogP contribution in [0.3, 0.4) is 0 Å². The predicted octanol–water partition coefficient (Wildman–Crippen LogP) is 3.30. The topological polar surface area (TPSA) is 70.1 Å². The van der Waals surface area contributed by atoms with Gasteiger partial charge in [0.25, 0.3) is 0 Å². The van der Waals surface area contributed by atoms with Crippen molar-refractivity contribution in [1.29, 1.82) is 0 Å². The second kappa shape index (κ2) is 7.59. The van der Waals surface area contributed by atoms with E-state index in [0.717, 1.165) is 42.4 Å². The second-order valence-corrected chi connectivity index (χ2v) is 6.18. The van der Waals surface area contributed by atoms with Crippen molar-refractivity contribution < 1.29 is 5.11 Å². The minimum Gasteiger partial charge on any atom is -0.394 e. The average molecular weight is 294 g/mol. The van der Waals surface area contributed by atoms with Crippen molar-refractivity contribution in [2.75, 3.05) is 23.8 Å². The summed E-state index contributed by atoms with van der Waals surface area (Å²) in [4.78, 5) is 9.28. The molecule has 21 heavy (non-hydrogen) atoms. The Morgan fingerprint density at radius 1 is 1.19 bits per heavy atom. The lowest BCUT2D eigenvalue weighted by Gasteiger charge is -2.29. The Morgan fingerprint density at radius 2 is 1.81 bits per heavy atom. The van der Waals surface area contributed by atoms with Crippen LogP contribution in [-0.2, 0) is 0 Å². The molecule has 1 heterocycles. The zero-order valence-corrected chi connectivity index (χ0v) is 14.2. The Hall–Kier alpha value is -1.36. The first-order valence-electron chi connectivity index (χ1n) is 7.88. The van der Waals surface area contributed by atoms with Gasteiger partial charge in [0.2, 0.25) is 0 Å². The van der Waals surface area contributed by atoms with Crippen LogP contribution < -0.4 is 10.6 Å². The molecule has 1 aromatic heterocycles. The Morgan fingerprint density at radius 3 is 2.29 bits per heavy atom. The predicted molar refractivity (Wildman–Crippen MR) is 89.0 cm³/mol. The fourth-order valence-corrected chi connectivity index (χ4v) is 1.85. The fraction of sp³-hybridized carbons (Fsp3) is 0.750. The fourth-order valence-electron chi connectivity index (χ4n) is 1.85. The number of hydrogen-bond acceptors (Lipinski definition) is 5. The van der Waals surface area contributed by atoms with Crippen LogP contribution in [0.2, 0.25) is 0 Å². The Balaban J connectivity index is 3.19. The third-order valence-corrected chi connectivity index (χ3v) is 3.77. The smallest absolute Gasteiger partial charge is 0.135 e. The van der Waals surface area contributed by atoms with E-state index in [0.29, 0.717) is 0 Å². The molecule has 0 aliphatic carbocycles. The van der Waals surface area contributed by atoms with E-state index in [1.165, 1.54) is 0 Å². The lowest BCUT2D eigenvalue weighted by atomic mass is 10.00. The second-order valence-electron chi connectivity index (χ2n) is 6.18. The summed E-state index contributed by atoms with van der Waals surface area (Å²) in [7, 11) is 0. The first-order chi connectivity index (χ1) is 9.86. The summed E-state index contributed by atoms with van der Waals surface area (Å²) in [6.07, 6.45) is 1.87. The zero-order chi connectivity index (χ0) is 16.0. The van der Waals surface area contributed by atoms with Crippen molar-refractivity contribution >= 4 is 11.6 Å². The van der Waals surface area contributed by atoms with Crippen LogP contribution in [-0.4, -0.2) is 33.8 Å². The molecule has 3 N–H and O–H groups in total. The summed E-state index contributed by atoms with van der Waals surface area (Å²) >= 11 is 0. The Labute approximate surface area is 128 Å². The van der Waals surface area contributed by atoms with E-state index < -0.39 is 0 Å². The molecule has 1 aromatic rings. The molecular weight excluding hydrogens is 264 g/mol. The molecule has 1 rings (SSSR count). The van der Waals surface area contributed by atoms with Gasteiger partial charge >= 0.3 is 0 Å². The highest BCUT2D eigenvalue weighted by Crippen LogP contribution is 2.26. The van der Waals surface area contributed by atoms with Gasteiger partial charge in [-0.3, -0.25) is 0 Å². The highest BCUT2D eigenvalue weighted by Gasteiger charge is 2.23. The van der Waals surface area contributed by atoms with E-state index in [2.05, 4.69) is 48.3 Å². The first kappa shape index (κ1) is 17.7. The van der Waals surface area contributed by atoms with Gasteiger partial charge < -0.3 is 15.7 Å². The third-order valence-electron chi connectivity index (χ3n) is 3.77. The molecule has 0 saturated heterocycles. The zero-order valence-electron chi connectivity index (χ0n) is 14.2. The molecule has 0 aliphatic heterocycles. The number of anilines is 2. The molecule has 5 heteroatoms. The number of hydrogen-bond donors (Lipinski definition) is 3. The third kappa shape index (κ3) is 4.56. The van der Waals surface area contributed by atoms with E-state index in [9.17, 15) is 5.11 Å². The van der Waals surface area contributed by atoms with Crippen LogP contribution in [0.15, 0.2) is 0 Å². The van der Waals surface area contributed by atoms with E-state index in [1.54, 1.807) is 0 Å². The minimum absolute atomic E-state index is 0.0711. The average Bonchev–Trinajstić information content (AvgIpc) is 2.47. The van der Waals surface area contributed by atoms with Gasteiger partial charge in [-0.2, -0.15) is 0 Å². The van der Waals surface area contributed by atoms with Gasteiger partial charge in [0, 0.05) is 18.0 Å². The van der Waals surface area contributed by atoms with Crippen LogP contribution in [0, 0.1) is 6.92 Å². The van der Waals surface area contributed by atoms with Crippen LogP contribution >= 0.6 is 0 Å². The van der Waals surface area contributed by atoms with E-state index in [-0.39, 0.29) is 18.1 Å². The lowest BCUT2D eigenvalue weighted by molar-refractivity contribution is 0.218. The van der Waals surface area contributed by atoms with Crippen molar-refractivity contribution in [3.63, 3.8) is 0 Å². The standard InChI is InChI=1S/C16H30N4O/c1-7-9-17-14-12(5)15(19-13(18-14)11(3)4)20-16(6,8-2)10-21/h11,21H,7-10H2,1-6H3,(H2,17,18,19,20). The van der Waals surface area contributed by atoms with Crippen molar-refractivity contribution in [2.24, 2.45) is 0 Å². The molecule has 5 nitrogen and oxygen atoms in total. The molecule has 0 radical (unpaired) electrons. The summed E-state index contributed by atoms with van der Waals surface area (Å²) in [5.41, 5.74) is 0.635. The highest BCUT2D eigenvalue weighted by molar-refractivity contribution is 5.58. The number of aliphatic hydroxyl groups excluding tert-OH is 1. The number of aromatic nitrogens is 2. The van der Waals surface area contributed by atoms with Gasteiger partial charge in [-0.15, -0.1) is 0 Å². The number of rotatable bonds is 8. The molecule has 0 saturated carbocycles. The van der Waals surface area contributed by atoms with Crippen molar-refractivity contribution in [2.45, 2.75) is 65.8 Å². The maximum atomic E-state index is 9.61. The van der Waals surface area contributed by atoms with Gasteiger partial charge in [-0.25, -0.2) is 9.97 Å². The summed E-state index contributed by atoms with van der Waals surface area (Å²) in [5.74, 6) is 2.77. The van der Waals surface area contributed by atoms with Crippen molar-refractivity contribution in [3.8, 4) is 0 Å².